The highest BCUT2D eigenvalue weighted by Gasteiger charge is 2.26. The largest absolute Gasteiger partial charge is 0.494 e. The molecule has 0 aliphatic heterocycles. The zero-order valence-corrected chi connectivity index (χ0v) is 13.0. The predicted octanol–water partition coefficient (Wildman–Crippen LogP) is 1.13. The Hall–Kier alpha value is -1.76. The summed E-state index contributed by atoms with van der Waals surface area (Å²) in [6, 6.07) is 6.86. The Labute approximate surface area is 125 Å². The molecule has 7 heteroatoms. The van der Waals surface area contributed by atoms with Gasteiger partial charge in [0.2, 0.25) is 15.9 Å². The van der Waals surface area contributed by atoms with Crippen molar-refractivity contribution in [3.05, 3.63) is 24.3 Å². The molecule has 1 aliphatic rings. The lowest BCUT2D eigenvalue weighted by Gasteiger charge is -2.22. The van der Waals surface area contributed by atoms with E-state index in [1.54, 1.807) is 24.3 Å². The van der Waals surface area contributed by atoms with Gasteiger partial charge in [0.05, 0.1) is 18.6 Å². The highest BCUT2D eigenvalue weighted by atomic mass is 32.2. The number of amides is 1. The van der Waals surface area contributed by atoms with Crippen LogP contribution in [0.5, 0.6) is 5.75 Å². The number of ether oxygens (including phenoxy) is 1. The summed E-state index contributed by atoms with van der Waals surface area (Å²) in [5, 5.41) is 2.79. The Bertz CT molecular complexity index is 594. The van der Waals surface area contributed by atoms with Crippen molar-refractivity contribution in [1.29, 1.82) is 0 Å². The van der Waals surface area contributed by atoms with Crippen molar-refractivity contribution < 1.29 is 17.9 Å². The number of sulfonamides is 1. The zero-order valence-electron chi connectivity index (χ0n) is 12.2. The zero-order chi connectivity index (χ0) is 15.5. The Kier molecular flexibility index (Phi) is 4.72. The number of hydrogen-bond acceptors (Lipinski definition) is 4. The second-order valence-electron chi connectivity index (χ2n) is 5.04. The molecule has 1 aromatic rings. The highest BCUT2D eigenvalue weighted by molar-refractivity contribution is 7.92. The number of nitrogens with one attached hydrogen (secondary N) is 1. The fraction of sp³-hybridized carbons (Fsp3) is 0.500. The van der Waals surface area contributed by atoms with E-state index in [1.807, 2.05) is 6.92 Å². The quantitative estimate of drug-likeness (QED) is 0.819. The van der Waals surface area contributed by atoms with Crippen LogP contribution in [0.3, 0.4) is 0 Å². The van der Waals surface area contributed by atoms with Gasteiger partial charge < -0.3 is 10.1 Å². The Balaban J connectivity index is 2.13. The first kappa shape index (κ1) is 15.6. The number of benzene rings is 1. The number of hydrogen-bond donors (Lipinski definition) is 1. The minimum absolute atomic E-state index is 0.205. The molecular formula is C14H20N2O4S. The van der Waals surface area contributed by atoms with Crippen molar-refractivity contribution in [3.8, 4) is 5.75 Å². The molecule has 21 heavy (non-hydrogen) atoms. The van der Waals surface area contributed by atoms with Gasteiger partial charge in [0.25, 0.3) is 0 Å². The minimum atomic E-state index is -3.52. The molecule has 0 radical (unpaired) electrons. The molecule has 2 rings (SSSR count). The van der Waals surface area contributed by atoms with Crippen molar-refractivity contribution in [2.75, 3.05) is 23.7 Å². The number of carbonyl (C=O) groups excluding carboxylic acids is 1. The minimum Gasteiger partial charge on any atom is -0.494 e. The summed E-state index contributed by atoms with van der Waals surface area (Å²) >= 11 is 0. The first-order valence-electron chi connectivity index (χ1n) is 6.90. The molecule has 1 aromatic carbocycles. The van der Waals surface area contributed by atoms with Gasteiger partial charge in [0, 0.05) is 6.04 Å². The second kappa shape index (κ2) is 6.34. The molecule has 0 spiro atoms. The Morgan fingerprint density at radius 2 is 1.95 bits per heavy atom. The topological polar surface area (TPSA) is 75.7 Å². The third-order valence-electron chi connectivity index (χ3n) is 3.07. The molecule has 1 N–H and O–H groups in total. The van der Waals surface area contributed by atoms with Gasteiger partial charge in [0.1, 0.15) is 12.3 Å². The van der Waals surface area contributed by atoms with Gasteiger partial charge in [-0.15, -0.1) is 0 Å². The molecule has 6 nitrogen and oxygen atoms in total. The van der Waals surface area contributed by atoms with Gasteiger partial charge in [0.15, 0.2) is 0 Å². The molecule has 0 unspecified atom stereocenters. The van der Waals surface area contributed by atoms with Crippen LogP contribution >= 0.6 is 0 Å². The summed E-state index contributed by atoms with van der Waals surface area (Å²) in [4.78, 5) is 11.9. The molecule has 0 saturated heterocycles. The number of carbonyl (C=O) groups is 1. The van der Waals surface area contributed by atoms with Crippen LogP contribution < -0.4 is 14.4 Å². The van der Waals surface area contributed by atoms with Gasteiger partial charge in [-0.05, 0) is 44.0 Å². The smallest absolute Gasteiger partial charge is 0.240 e. The van der Waals surface area contributed by atoms with Crippen LogP contribution in [0.1, 0.15) is 19.8 Å². The van der Waals surface area contributed by atoms with E-state index in [2.05, 4.69) is 5.32 Å². The lowest BCUT2D eigenvalue weighted by molar-refractivity contribution is -0.119. The maximum absolute atomic E-state index is 11.9. The predicted molar refractivity (Wildman–Crippen MR) is 81.0 cm³/mol. The van der Waals surface area contributed by atoms with Gasteiger partial charge in [-0.25, -0.2) is 8.42 Å². The molecule has 1 saturated carbocycles. The summed E-state index contributed by atoms with van der Waals surface area (Å²) in [7, 11) is -3.52. The lowest BCUT2D eigenvalue weighted by atomic mass is 10.3. The molecule has 1 fully saturated rings. The average molecular weight is 312 g/mol. The molecule has 0 bridgehead atoms. The molecule has 1 aliphatic carbocycles. The molecular weight excluding hydrogens is 292 g/mol. The SMILES string of the molecule is CCOc1ccc(N(CC(=O)NC2CC2)S(C)(=O)=O)cc1. The van der Waals surface area contributed by atoms with Crippen molar-refractivity contribution in [3.63, 3.8) is 0 Å². The van der Waals surface area contributed by atoms with Crippen molar-refractivity contribution >= 4 is 21.6 Å². The van der Waals surface area contributed by atoms with Crippen LogP contribution in [0.4, 0.5) is 5.69 Å². The van der Waals surface area contributed by atoms with E-state index in [-0.39, 0.29) is 18.5 Å². The molecule has 0 aromatic heterocycles. The Morgan fingerprint density at radius 1 is 1.33 bits per heavy atom. The fourth-order valence-corrected chi connectivity index (χ4v) is 2.76. The number of rotatable bonds is 7. The van der Waals surface area contributed by atoms with Gasteiger partial charge in [-0.3, -0.25) is 9.10 Å². The fourth-order valence-electron chi connectivity index (χ4n) is 1.91. The third-order valence-corrected chi connectivity index (χ3v) is 4.21. The monoisotopic (exact) mass is 312 g/mol. The van der Waals surface area contributed by atoms with Gasteiger partial charge >= 0.3 is 0 Å². The van der Waals surface area contributed by atoms with Crippen molar-refractivity contribution in [2.45, 2.75) is 25.8 Å². The van der Waals surface area contributed by atoms with Gasteiger partial charge in [-0.2, -0.15) is 0 Å². The Morgan fingerprint density at radius 3 is 2.43 bits per heavy atom. The maximum atomic E-state index is 11.9. The van der Waals surface area contributed by atoms with E-state index >= 15 is 0 Å². The maximum Gasteiger partial charge on any atom is 0.240 e. The second-order valence-corrected chi connectivity index (χ2v) is 6.95. The van der Waals surface area contributed by atoms with E-state index in [4.69, 9.17) is 4.74 Å². The van der Waals surface area contributed by atoms with Crippen LogP contribution in [0.2, 0.25) is 0 Å². The summed E-state index contributed by atoms with van der Waals surface area (Å²) in [6.45, 7) is 2.21. The third kappa shape index (κ3) is 4.63. The normalized spacial score (nSPS) is 14.6. The molecule has 0 heterocycles. The first-order chi connectivity index (χ1) is 9.90. The van der Waals surface area contributed by atoms with E-state index < -0.39 is 10.0 Å². The van der Waals surface area contributed by atoms with Crippen LogP contribution in [0, 0.1) is 0 Å². The van der Waals surface area contributed by atoms with Crippen molar-refractivity contribution in [1.82, 2.24) is 5.32 Å². The standard InChI is InChI=1S/C14H20N2O4S/c1-3-20-13-8-6-12(7-9-13)16(21(2,18)19)10-14(17)15-11-4-5-11/h6-9,11H,3-5,10H2,1-2H3,(H,15,17). The number of anilines is 1. The summed E-state index contributed by atoms with van der Waals surface area (Å²) in [6.07, 6.45) is 3.02. The van der Waals surface area contributed by atoms with Crippen molar-refractivity contribution in [2.24, 2.45) is 0 Å². The summed E-state index contributed by atoms with van der Waals surface area (Å²) < 4.78 is 30.2. The van der Waals surface area contributed by atoms with E-state index in [9.17, 15) is 13.2 Å². The van der Waals surface area contributed by atoms with Crippen LogP contribution in [0.15, 0.2) is 24.3 Å². The molecule has 0 atom stereocenters. The van der Waals surface area contributed by atoms with E-state index in [1.165, 1.54) is 0 Å². The van der Waals surface area contributed by atoms with Gasteiger partial charge in [-0.1, -0.05) is 0 Å². The van der Waals surface area contributed by atoms with E-state index in [0.29, 0.717) is 18.0 Å². The molecule has 116 valence electrons. The summed E-state index contributed by atoms with van der Waals surface area (Å²) in [5.41, 5.74) is 0.451. The highest BCUT2D eigenvalue weighted by Crippen LogP contribution is 2.22. The van der Waals surface area contributed by atoms with Crippen LogP contribution in [-0.4, -0.2) is 39.8 Å². The van der Waals surface area contributed by atoms with Crippen LogP contribution in [0.25, 0.3) is 0 Å². The first-order valence-corrected chi connectivity index (χ1v) is 8.75. The van der Waals surface area contributed by atoms with Crippen LogP contribution in [-0.2, 0) is 14.8 Å². The average Bonchev–Trinajstić information content (AvgIpc) is 3.20. The number of nitrogens with zero attached hydrogens (tertiary/aromatic N) is 1. The molecule has 1 amide bonds. The van der Waals surface area contributed by atoms with E-state index in [0.717, 1.165) is 23.4 Å². The lowest BCUT2D eigenvalue weighted by Crippen LogP contribution is -2.41. The summed E-state index contributed by atoms with van der Waals surface area (Å²) in [5.74, 6) is 0.383.